The Hall–Kier alpha value is -0.970. The largest absolute Gasteiger partial charge is 0.460 e. The number of hydrogen-bond acceptors (Lipinski definition) is 4. The van der Waals surface area contributed by atoms with Crippen molar-refractivity contribution in [2.24, 2.45) is 0 Å². The van der Waals surface area contributed by atoms with Crippen LogP contribution in [0.4, 0.5) is 0 Å². The molecule has 0 aliphatic heterocycles. The normalized spacial score (nSPS) is 11.5. The molecule has 4 nitrogen and oxygen atoms in total. The van der Waals surface area contributed by atoms with E-state index in [1.807, 2.05) is 0 Å². The molecule has 1 atom stereocenters. The molecule has 13 heavy (non-hydrogen) atoms. The molecule has 0 radical (unpaired) electrons. The van der Waals surface area contributed by atoms with Crippen LogP contribution in [0.15, 0.2) is 12.7 Å². The summed E-state index contributed by atoms with van der Waals surface area (Å²) >= 11 is 3.91. The van der Waals surface area contributed by atoms with Gasteiger partial charge in [0.25, 0.3) is 0 Å². The third-order valence-electron chi connectivity index (χ3n) is 1.19. The molecule has 0 spiro atoms. The van der Waals surface area contributed by atoms with Crippen LogP contribution >= 0.6 is 12.6 Å². The maximum absolute atomic E-state index is 11.1. The van der Waals surface area contributed by atoms with Gasteiger partial charge in [0.05, 0.1) is 0 Å². The van der Waals surface area contributed by atoms with Crippen LogP contribution in [0.25, 0.3) is 0 Å². The zero-order valence-electron chi connectivity index (χ0n) is 7.45. The van der Waals surface area contributed by atoms with Gasteiger partial charge in [0.2, 0.25) is 5.91 Å². The van der Waals surface area contributed by atoms with Crippen LogP contribution in [-0.2, 0) is 14.3 Å². The highest BCUT2D eigenvalue weighted by Gasteiger charge is 2.18. The summed E-state index contributed by atoms with van der Waals surface area (Å²) in [5, 5.41) is 2.41. The van der Waals surface area contributed by atoms with Crippen LogP contribution < -0.4 is 5.32 Å². The Bertz CT molecular complexity index is 206. The molecular formula is C8H13NO3S. The highest BCUT2D eigenvalue weighted by Crippen LogP contribution is 1.92. The molecule has 1 N–H and O–H groups in total. The number of hydrogen-bond donors (Lipinski definition) is 2. The van der Waals surface area contributed by atoms with Gasteiger partial charge < -0.3 is 10.1 Å². The monoisotopic (exact) mass is 203 g/mol. The van der Waals surface area contributed by atoms with Crippen molar-refractivity contribution < 1.29 is 14.3 Å². The standard InChI is InChI=1S/C8H13NO3S/c1-3-4-12-8(11)7(5-13)9-6(2)10/h3,7,13H,1,4-5H2,2H3,(H,9,10). The Morgan fingerprint density at radius 3 is 2.69 bits per heavy atom. The Balaban J connectivity index is 3.98. The fourth-order valence-corrected chi connectivity index (χ4v) is 0.906. The Labute approximate surface area is 82.7 Å². The first-order valence-corrected chi connectivity index (χ1v) is 4.40. The third kappa shape index (κ3) is 5.30. The van der Waals surface area contributed by atoms with E-state index in [1.165, 1.54) is 13.0 Å². The molecule has 1 amide bonds. The van der Waals surface area contributed by atoms with Crippen molar-refractivity contribution in [3.8, 4) is 0 Å². The molecule has 0 bridgehead atoms. The molecule has 0 aliphatic rings. The molecule has 1 unspecified atom stereocenters. The molecule has 0 aromatic rings. The summed E-state index contributed by atoms with van der Waals surface area (Å²) in [5.74, 6) is -0.560. The smallest absolute Gasteiger partial charge is 0.329 e. The van der Waals surface area contributed by atoms with Crippen LogP contribution in [0.3, 0.4) is 0 Å². The molecule has 5 heteroatoms. The van der Waals surface area contributed by atoms with E-state index in [0.29, 0.717) is 0 Å². The summed E-state index contributed by atoms with van der Waals surface area (Å²) in [7, 11) is 0. The fraction of sp³-hybridized carbons (Fsp3) is 0.500. The second-order valence-electron chi connectivity index (χ2n) is 2.35. The van der Waals surface area contributed by atoms with E-state index in [2.05, 4.69) is 24.5 Å². The first-order chi connectivity index (χ1) is 6.11. The molecular weight excluding hydrogens is 190 g/mol. The summed E-state index contributed by atoms with van der Waals surface area (Å²) in [4.78, 5) is 21.8. The topological polar surface area (TPSA) is 55.4 Å². The van der Waals surface area contributed by atoms with E-state index < -0.39 is 12.0 Å². The predicted octanol–water partition coefficient (Wildman–Crippen LogP) is 0.150. The molecule has 0 saturated heterocycles. The molecule has 0 fully saturated rings. The van der Waals surface area contributed by atoms with Crippen molar-refractivity contribution in [2.75, 3.05) is 12.4 Å². The molecule has 0 heterocycles. The van der Waals surface area contributed by atoms with E-state index in [-0.39, 0.29) is 18.3 Å². The maximum Gasteiger partial charge on any atom is 0.329 e. The number of carbonyl (C=O) groups excluding carboxylic acids is 2. The summed E-state index contributed by atoms with van der Waals surface area (Å²) in [6, 6.07) is -0.680. The Morgan fingerprint density at radius 1 is 1.69 bits per heavy atom. The SMILES string of the molecule is C=CCOC(=O)C(CS)NC(C)=O. The van der Waals surface area contributed by atoms with E-state index in [4.69, 9.17) is 4.74 Å². The summed E-state index contributed by atoms with van der Waals surface area (Å²) < 4.78 is 4.72. The number of thiol groups is 1. The summed E-state index contributed by atoms with van der Waals surface area (Å²) in [6.07, 6.45) is 1.46. The minimum Gasteiger partial charge on any atom is -0.460 e. The van der Waals surface area contributed by atoms with Crippen LogP contribution in [0.1, 0.15) is 6.92 Å². The number of carbonyl (C=O) groups is 2. The minimum absolute atomic E-state index is 0.142. The van der Waals surface area contributed by atoms with E-state index in [0.717, 1.165) is 0 Å². The molecule has 74 valence electrons. The second-order valence-corrected chi connectivity index (χ2v) is 2.72. The van der Waals surface area contributed by atoms with Gasteiger partial charge in [-0.15, -0.1) is 0 Å². The first kappa shape index (κ1) is 12.0. The molecule has 0 aromatic carbocycles. The van der Waals surface area contributed by atoms with Crippen molar-refractivity contribution in [1.82, 2.24) is 5.32 Å². The van der Waals surface area contributed by atoms with Gasteiger partial charge in [0.1, 0.15) is 12.6 Å². The predicted molar refractivity (Wildman–Crippen MR) is 52.6 cm³/mol. The highest BCUT2D eigenvalue weighted by atomic mass is 32.1. The van der Waals surface area contributed by atoms with Crippen LogP contribution in [0, 0.1) is 0 Å². The van der Waals surface area contributed by atoms with Crippen LogP contribution in [0.5, 0.6) is 0 Å². The van der Waals surface area contributed by atoms with Gasteiger partial charge in [-0.05, 0) is 0 Å². The van der Waals surface area contributed by atoms with Crippen molar-refractivity contribution in [2.45, 2.75) is 13.0 Å². The van der Waals surface area contributed by atoms with E-state index >= 15 is 0 Å². The fourth-order valence-electron chi connectivity index (χ4n) is 0.666. The van der Waals surface area contributed by atoms with Gasteiger partial charge in [-0.25, -0.2) is 4.79 Å². The van der Waals surface area contributed by atoms with Gasteiger partial charge in [-0.2, -0.15) is 12.6 Å². The van der Waals surface area contributed by atoms with Crippen LogP contribution in [-0.4, -0.2) is 30.3 Å². The number of amides is 1. The first-order valence-electron chi connectivity index (χ1n) is 3.77. The molecule has 0 aromatic heterocycles. The van der Waals surface area contributed by atoms with Crippen molar-refractivity contribution in [1.29, 1.82) is 0 Å². The van der Waals surface area contributed by atoms with E-state index in [1.54, 1.807) is 0 Å². The van der Waals surface area contributed by atoms with Gasteiger partial charge in [0, 0.05) is 12.7 Å². The van der Waals surface area contributed by atoms with Gasteiger partial charge in [0.15, 0.2) is 0 Å². The zero-order valence-corrected chi connectivity index (χ0v) is 8.34. The lowest BCUT2D eigenvalue weighted by Gasteiger charge is -2.13. The van der Waals surface area contributed by atoms with Crippen molar-refractivity contribution in [3.63, 3.8) is 0 Å². The van der Waals surface area contributed by atoms with E-state index in [9.17, 15) is 9.59 Å². The van der Waals surface area contributed by atoms with Crippen molar-refractivity contribution in [3.05, 3.63) is 12.7 Å². The summed E-state index contributed by atoms with van der Waals surface area (Å²) in [5.41, 5.74) is 0. The van der Waals surface area contributed by atoms with Gasteiger partial charge >= 0.3 is 5.97 Å². The average Bonchev–Trinajstić information content (AvgIpc) is 2.09. The highest BCUT2D eigenvalue weighted by molar-refractivity contribution is 7.80. The lowest BCUT2D eigenvalue weighted by molar-refractivity contribution is -0.145. The Morgan fingerprint density at radius 2 is 2.31 bits per heavy atom. The number of nitrogens with one attached hydrogen (secondary N) is 1. The zero-order chi connectivity index (χ0) is 10.3. The second kappa shape index (κ2) is 6.54. The Kier molecular flexibility index (Phi) is 6.05. The number of rotatable bonds is 5. The quantitative estimate of drug-likeness (QED) is 0.380. The maximum atomic E-state index is 11.1. The summed E-state index contributed by atoms with van der Waals surface area (Å²) in [6.45, 7) is 4.87. The molecule has 0 rings (SSSR count). The van der Waals surface area contributed by atoms with Gasteiger partial charge in [-0.1, -0.05) is 12.7 Å². The number of ether oxygens (including phenoxy) is 1. The molecule has 0 saturated carbocycles. The lowest BCUT2D eigenvalue weighted by Crippen LogP contribution is -2.42. The lowest BCUT2D eigenvalue weighted by atomic mass is 10.3. The third-order valence-corrected chi connectivity index (χ3v) is 1.55. The number of esters is 1. The van der Waals surface area contributed by atoms with Crippen molar-refractivity contribution >= 4 is 24.5 Å². The average molecular weight is 203 g/mol. The van der Waals surface area contributed by atoms with Gasteiger partial charge in [-0.3, -0.25) is 4.79 Å². The molecule has 0 aliphatic carbocycles. The van der Waals surface area contributed by atoms with Crippen LogP contribution in [0.2, 0.25) is 0 Å². The minimum atomic E-state index is -0.680.